The molecule has 0 bridgehead atoms. The molecule has 30 heavy (non-hydrogen) atoms. The van der Waals surface area contributed by atoms with Crippen LogP contribution < -0.4 is 0 Å². The van der Waals surface area contributed by atoms with Crippen LogP contribution in [0.4, 0.5) is 0 Å². The van der Waals surface area contributed by atoms with E-state index in [-0.39, 0.29) is 72.3 Å². The third kappa shape index (κ3) is 20.7. The molecule has 1 atom stereocenters. The Morgan fingerprint density at radius 3 is 1.60 bits per heavy atom. The molecule has 0 amide bonds. The van der Waals surface area contributed by atoms with Crippen LogP contribution in [-0.2, 0) is 29.2 Å². The van der Waals surface area contributed by atoms with Gasteiger partial charge in [0.1, 0.15) is 0 Å². The van der Waals surface area contributed by atoms with Crippen LogP contribution in [0.1, 0.15) is 97.3 Å². The summed E-state index contributed by atoms with van der Waals surface area (Å²) in [6, 6.07) is 0. The van der Waals surface area contributed by atoms with Crippen LogP contribution in [0, 0.1) is 0 Å². The number of hydrogen-bond acceptors (Lipinski definition) is 6. The Hall–Kier alpha value is 0.850. The first-order valence-corrected chi connectivity index (χ1v) is 12.1. The van der Waals surface area contributed by atoms with Gasteiger partial charge >= 0.3 is 71.1 Å². The van der Waals surface area contributed by atoms with E-state index in [9.17, 15) is 18.0 Å². The van der Waals surface area contributed by atoms with Gasteiger partial charge < -0.3 is 9.47 Å². The van der Waals surface area contributed by atoms with E-state index in [1.165, 1.54) is 51.4 Å². The third-order valence-corrected chi connectivity index (χ3v) is 5.60. The van der Waals surface area contributed by atoms with Crippen molar-refractivity contribution in [2.75, 3.05) is 13.2 Å². The molecule has 0 aromatic heterocycles. The van der Waals surface area contributed by atoms with Crippen molar-refractivity contribution in [3.8, 4) is 0 Å². The Labute approximate surface area is 227 Å². The Morgan fingerprint density at radius 2 is 1.20 bits per heavy atom. The van der Waals surface area contributed by atoms with Gasteiger partial charge in [-0.2, -0.15) is 8.42 Å². The summed E-state index contributed by atoms with van der Waals surface area (Å²) < 4.78 is 41.3. The molecule has 0 aliphatic carbocycles. The molecule has 0 saturated heterocycles. The summed E-state index contributed by atoms with van der Waals surface area (Å²) in [6.07, 6.45) is 13.3. The summed E-state index contributed by atoms with van der Waals surface area (Å²) in [5, 5.41) is -1.93. The molecule has 0 aromatic carbocycles. The summed E-state index contributed by atoms with van der Waals surface area (Å²) in [5.74, 6) is -1.98. The molecule has 0 saturated carbocycles. The zero-order chi connectivity index (χ0) is 21.3. The molecule has 1 N–H and O–H groups in total. The molecule has 1 unspecified atom stereocenters. The number of hydrogen-bond donors (Lipinski definition) is 1. The summed E-state index contributed by atoms with van der Waals surface area (Å²) >= 11 is 0. The summed E-state index contributed by atoms with van der Waals surface area (Å²) in [5.41, 5.74) is 0. The molecule has 7 nitrogen and oxygen atoms in total. The van der Waals surface area contributed by atoms with Crippen LogP contribution in [-0.4, -0.2) is 102 Å². The molecule has 0 heterocycles. The maximum atomic E-state index is 11.9. The van der Waals surface area contributed by atoms with E-state index in [1.54, 1.807) is 6.92 Å². The van der Waals surface area contributed by atoms with E-state index < -0.39 is 33.7 Å². The van der Waals surface area contributed by atoms with Crippen LogP contribution in [0.3, 0.4) is 0 Å². The van der Waals surface area contributed by atoms with Gasteiger partial charge in [0.25, 0.3) is 10.1 Å². The van der Waals surface area contributed by atoms with E-state index in [0.29, 0.717) is 6.42 Å². The van der Waals surface area contributed by atoms with Gasteiger partial charge in [-0.25, -0.2) is 0 Å². The van der Waals surface area contributed by atoms with Crippen molar-refractivity contribution in [3.05, 3.63) is 0 Å². The monoisotopic (exact) mass is 470 g/mol. The van der Waals surface area contributed by atoms with Crippen molar-refractivity contribution >= 4 is 81.2 Å². The first-order valence-electron chi connectivity index (χ1n) is 10.6. The van der Waals surface area contributed by atoms with Crippen molar-refractivity contribution in [2.24, 2.45) is 0 Å². The van der Waals surface area contributed by atoms with Crippen LogP contribution in [0.5, 0.6) is 0 Å². The Bertz CT molecular complexity index is 527. The third-order valence-electron chi connectivity index (χ3n) is 4.52. The fraction of sp³-hybridized carbons (Fsp3) is 0.900. The second kappa shape index (κ2) is 23.0. The predicted octanol–water partition coefficient (Wildman–Crippen LogP) is 3.14. The SMILES string of the molecule is CCCCCCCCCCCCCCOC(=O)C(CC(=O)OCC)S(=O)(=O)O.[NaH].[NaH]. The zero-order valence-corrected chi connectivity index (χ0v) is 18.3. The van der Waals surface area contributed by atoms with Gasteiger partial charge in [0.05, 0.1) is 19.6 Å². The quantitative estimate of drug-likeness (QED) is 0.142. The standard InChI is InChI=1S/C20H38O7S.2Na.2H/c1-3-5-6-7-8-9-10-11-12-13-14-15-16-27-20(22)18(28(23,24)25)17-19(21)26-4-2;;;;/h18H,3-17H2,1-2H3,(H,23,24,25);;;;. The van der Waals surface area contributed by atoms with Crippen LogP contribution >= 0.6 is 0 Å². The summed E-state index contributed by atoms with van der Waals surface area (Å²) in [7, 11) is -4.72. The number of rotatable bonds is 18. The van der Waals surface area contributed by atoms with E-state index in [1.807, 2.05) is 0 Å². The zero-order valence-electron chi connectivity index (χ0n) is 17.5. The molecule has 0 rings (SSSR count). The minimum absolute atomic E-state index is 0. The first-order chi connectivity index (χ1) is 13.3. The van der Waals surface area contributed by atoms with Crippen molar-refractivity contribution in [1.29, 1.82) is 0 Å². The van der Waals surface area contributed by atoms with Gasteiger partial charge in [0, 0.05) is 0 Å². The molecule has 0 aliphatic rings. The van der Waals surface area contributed by atoms with Crippen molar-refractivity contribution in [1.82, 2.24) is 0 Å². The molecule has 0 fully saturated rings. The van der Waals surface area contributed by atoms with Crippen molar-refractivity contribution in [3.63, 3.8) is 0 Å². The molecule has 0 spiro atoms. The topological polar surface area (TPSA) is 107 Å². The normalized spacial score (nSPS) is 11.7. The van der Waals surface area contributed by atoms with Crippen LogP contribution in [0.2, 0.25) is 0 Å². The number of carbonyl (C=O) groups is 2. The Balaban J connectivity index is -0.00000364. The molecule has 10 heteroatoms. The van der Waals surface area contributed by atoms with Gasteiger partial charge in [-0.05, 0) is 13.3 Å². The van der Waals surface area contributed by atoms with E-state index in [0.717, 1.165) is 19.3 Å². The Kier molecular flexibility index (Phi) is 27.2. The number of unbranched alkanes of at least 4 members (excludes halogenated alkanes) is 11. The average molecular weight is 471 g/mol. The van der Waals surface area contributed by atoms with Crippen LogP contribution in [0.25, 0.3) is 0 Å². The number of esters is 2. The van der Waals surface area contributed by atoms with Gasteiger partial charge in [0.2, 0.25) is 0 Å². The van der Waals surface area contributed by atoms with E-state index in [4.69, 9.17) is 9.29 Å². The Morgan fingerprint density at radius 1 is 0.767 bits per heavy atom. The molecular weight excluding hydrogens is 430 g/mol. The van der Waals surface area contributed by atoms with Gasteiger partial charge in [-0.15, -0.1) is 0 Å². The maximum absolute atomic E-state index is 11.9. The summed E-state index contributed by atoms with van der Waals surface area (Å²) in [6.45, 7) is 3.92. The summed E-state index contributed by atoms with van der Waals surface area (Å²) in [4.78, 5) is 23.2. The second-order valence-corrected chi connectivity index (χ2v) is 8.67. The van der Waals surface area contributed by atoms with Crippen LogP contribution in [0.15, 0.2) is 0 Å². The number of carbonyl (C=O) groups excluding carboxylic acids is 2. The average Bonchev–Trinajstić information content (AvgIpc) is 2.62. The van der Waals surface area contributed by atoms with E-state index >= 15 is 0 Å². The fourth-order valence-electron chi connectivity index (χ4n) is 2.89. The molecule has 0 aliphatic heterocycles. The predicted molar refractivity (Wildman–Crippen MR) is 123 cm³/mol. The number of ether oxygens (including phenoxy) is 2. The molecule has 0 radical (unpaired) electrons. The minimum atomic E-state index is -4.72. The molecule has 170 valence electrons. The molecular formula is C20H40Na2O7S. The fourth-order valence-corrected chi connectivity index (χ4v) is 3.55. The second-order valence-electron chi connectivity index (χ2n) is 7.07. The van der Waals surface area contributed by atoms with E-state index in [2.05, 4.69) is 11.7 Å². The van der Waals surface area contributed by atoms with Crippen molar-refractivity contribution in [2.45, 2.75) is 103 Å². The van der Waals surface area contributed by atoms with Gasteiger partial charge in [-0.3, -0.25) is 14.1 Å². The molecule has 0 aromatic rings. The van der Waals surface area contributed by atoms with Gasteiger partial charge in [-0.1, -0.05) is 77.6 Å². The first kappa shape index (κ1) is 35.4. The van der Waals surface area contributed by atoms with Crippen molar-refractivity contribution < 1.29 is 32.0 Å². The van der Waals surface area contributed by atoms with Gasteiger partial charge in [0.15, 0.2) is 5.25 Å².